The first-order valence-electron chi connectivity index (χ1n) is 10.5. The Labute approximate surface area is 216 Å². The number of thiophene rings is 1. The maximum Gasteiger partial charge on any atom is 0.295 e. The van der Waals surface area contributed by atoms with Gasteiger partial charge in [-0.1, -0.05) is 29.3 Å². The van der Waals surface area contributed by atoms with E-state index in [9.17, 15) is 14.7 Å². The van der Waals surface area contributed by atoms with Crippen LogP contribution in [0.3, 0.4) is 0 Å². The largest absolute Gasteiger partial charge is 0.507 e. The highest BCUT2D eigenvalue weighted by Gasteiger charge is 2.46. The standard InChI is InChI=1S/C25H21Cl2NO6S/c1-32-15-5-7-16(8-6-15)34-10-9-28-21(19-4-3-11-35-19)20(23(30)25(28)31)22(29)17-12-14(26)13-18(27)24(17)33-2/h3-8,11-13,21,29H,9-10H2,1-2H3/b22-20-. The number of benzene rings is 2. The van der Waals surface area contributed by atoms with Gasteiger partial charge in [0.15, 0.2) is 0 Å². The molecule has 0 radical (unpaired) electrons. The average molecular weight is 534 g/mol. The summed E-state index contributed by atoms with van der Waals surface area (Å²) in [6.45, 7) is 0.247. The molecule has 1 atom stereocenters. The van der Waals surface area contributed by atoms with Gasteiger partial charge in [0, 0.05) is 9.90 Å². The van der Waals surface area contributed by atoms with Crippen molar-refractivity contribution in [2.45, 2.75) is 6.04 Å². The number of aliphatic hydroxyl groups is 1. The zero-order chi connectivity index (χ0) is 25.1. The molecule has 4 rings (SSSR count). The molecule has 1 aliphatic heterocycles. The Hall–Kier alpha value is -3.20. The van der Waals surface area contributed by atoms with E-state index in [1.807, 2.05) is 11.4 Å². The molecule has 0 bridgehead atoms. The lowest BCUT2D eigenvalue weighted by Gasteiger charge is -2.24. The molecule has 0 aliphatic carbocycles. The van der Waals surface area contributed by atoms with Crippen molar-refractivity contribution >= 4 is 52.0 Å². The Kier molecular flexibility index (Phi) is 7.54. The Morgan fingerprint density at radius 3 is 2.40 bits per heavy atom. The van der Waals surface area contributed by atoms with E-state index in [0.29, 0.717) is 16.4 Å². The third kappa shape index (κ3) is 4.96. The zero-order valence-corrected chi connectivity index (χ0v) is 21.1. The molecule has 35 heavy (non-hydrogen) atoms. The van der Waals surface area contributed by atoms with E-state index >= 15 is 0 Å². The summed E-state index contributed by atoms with van der Waals surface area (Å²) in [6, 6.07) is 12.7. The molecule has 1 saturated heterocycles. The quantitative estimate of drug-likeness (QED) is 0.231. The van der Waals surface area contributed by atoms with E-state index in [4.69, 9.17) is 37.4 Å². The van der Waals surface area contributed by atoms with Crippen molar-refractivity contribution in [3.63, 3.8) is 0 Å². The summed E-state index contributed by atoms with van der Waals surface area (Å²) in [7, 11) is 2.96. The number of Topliss-reactive ketones (excluding diaryl/α,β-unsaturated/α-hetero) is 1. The van der Waals surface area contributed by atoms with Crippen molar-refractivity contribution in [1.29, 1.82) is 0 Å². The number of rotatable bonds is 8. The highest BCUT2D eigenvalue weighted by Crippen LogP contribution is 2.44. The van der Waals surface area contributed by atoms with Crippen molar-refractivity contribution in [3.8, 4) is 17.2 Å². The van der Waals surface area contributed by atoms with Crippen LogP contribution < -0.4 is 14.2 Å². The van der Waals surface area contributed by atoms with Crippen LogP contribution in [0.15, 0.2) is 59.5 Å². The second-order valence-corrected chi connectivity index (χ2v) is 9.32. The minimum atomic E-state index is -0.816. The number of ketones is 1. The van der Waals surface area contributed by atoms with Crippen LogP contribution in [-0.4, -0.2) is 49.1 Å². The number of hydrogen-bond donors (Lipinski definition) is 1. The van der Waals surface area contributed by atoms with Crippen molar-refractivity contribution in [1.82, 2.24) is 4.90 Å². The van der Waals surface area contributed by atoms with Gasteiger partial charge in [-0.3, -0.25) is 9.59 Å². The lowest BCUT2D eigenvalue weighted by molar-refractivity contribution is -0.140. The van der Waals surface area contributed by atoms with Crippen LogP contribution >= 0.6 is 34.5 Å². The number of aliphatic hydroxyl groups excluding tert-OH is 1. The fourth-order valence-corrected chi connectivity index (χ4v) is 5.29. The van der Waals surface area contributed by atoms with Crippen LogP contribution in [0.4, 0.5) is 0 Å². The van der Waals surface area contributed by atoms with Gasteiger partial charge >= 0.3 is 0 Å². The van der Waals surface area contributed by atoms with Gasteiger partial charge in [0.1, 0.15) is 29.6 Å². The van der Waals surface area contributed by atoms with Crippen LogP contribution in [0, 0.1) is 0 Å². The molecule has 2 aromatic carbocycles. The number of ether oxygens (including phenoxy) is 3. The van der Waals surface area contributed by atoms with Gasteiger partial charge < -0.3 is 24.2 Å². The molecule has 182 valence electrons. The second kappa shape index (κ2) is 10.6. The van der Waals surface area contributed by atoms with E-state index in [1.165, 1.54) is 35.5 Å². The first-order chi connectivity index (χ1) is 16.8. The Morgan fingerprint density at radius 1 is 1.06 bits per heavy atom. The van der Waals surface area contributed by atoms with Crippen LogP contribution in [0.25, 0.3) is 5.76 Å². The number of nitrogens with zero attached hydrogens (tertiary/aromatic N) is 1. The van der Waals surface area contributed by atoms with E-state index < -0.39 is 23.5 Å². The number of carbonyl (C=O) groups excluding carboxylic acids is 2. The minimum Gasteiger partial charge on any atom is -0.507 e. The minimum absolute atomic E-state index is 0.0708. The Morgan fingerprint density at radius 2 is 1.77 bits per heavy atom. The number of methoxy groups -OCH3 is 2. The molecular weight excluding hydrogens is 513 g/mol. The van der Waals surface area contributed by atoms with E-state index in [0.717, 1.165) is 0 Å². The SMILES string of the molecule is COc1ccc(OCCN2C(=O)C(=O)/C(=C(\O)c3cc(Cl)cc(Cl)c3OC)C2c2cccs2)cc1. The van der Waals surface area contributed by atoms with Gasteiger partial charge in [0.25, 0.3) is 11.7 Å². The highest BCUT2D eigenvalue weighted by atomic mass is 35.5. The second-order valence-electron chi connectivity index (χ2n) is 7.50. The summed E-state index contributed by atoms with van der Waals surface area (Å²) >= 11 is 13.7. The predicted molar refractivity (Wildman–Crippen MR) is 135 cm³/mol. The third-order valence-corrected chi connectivity index (χ3v) is 6.90. The van der Waals surface area contributed by atoms with Crippen molar-refractivity contribution in [2.24, 2.45) is 0 Å². The number of halogens is 2. The molecule has 3 aromatic rings. The van der Waals surface area contributed by atoms with Crippen LogP contribution in [0.2, 0.25) is 10.0 Å². The summed E-state index contributed by atoms with van der Waals surface area (Å²) in [5, 5.41) is 13.5. The monoisotopic (exact) mass is 533 g/mol. The van der Waals surface area contributed by atoms with E-state index in [1.54, 1.807) is 37.4 Å². The lowest BCUT2D eigenvalue weighted by Crippen LogP contribution is -2.33. The average Bonchev–Trinajstić information content (AvgIpc) is 3.46. The molecular formula is C25H21Cl2NO6S. The number of carbonyl (C=O) groups is 2. The fraction of sp³-hybridized carbons (Fsp3) is 0.200. The molecule has 1 aromatic heterocycles. The topological polar surface area (TPSA) is 85.3 Å². The van der Waals surface area contributed by atoms with E-state index in [-0.39, 0.29) is 40.1 Å². The van der Waals surface area contributed by atoms with Crippen molar-refractivity contribution in [3.05, 3.63) is 80.0 Å². The maximum atomic E-state index is 13.1. The molecule has 7 nitrogen and oxygen atoms in total. The zero-order valence-electron chi connectivity index (χ0n) is 18.8. The number of likely N-dealkylation sites (tertiary alicyclic amines) is 1. The number of amides is 1. The number of hydrogen-bond acceptors (Lipinski definition) is 7. The van der Waals surface area contributed by atoms with Gasteiger partial charge in [-0.25, -0.2) is 0 Å². The molecule has 1 amide bonds. The fourth-order valence-electron chi connectivity index (χ4n) is 3.88. The molecule has 2 heterocycles. The first kappa shape index (κ1) is 24.9. The molecule has 0 saturated carbocycles. The highest BCUT2D eigenvalue weighted by molar-refractivity contribution is 7.10. The molecule has 1 N–H and O–H groups in total. The normalized spacial score (nSPS) is 17.0. The molecule has 10 heteroatoms. The molecule has 1 aliphatic rings. The molecule has 1 fully saturated rings. The van der Waals surface area contributed by atoms with Crippen LogP contribution in [0.5, 0.6) is 17.2 Å². The molecule has 1 unspecified atom stereocenters. The summed E-state index contributed by atoms with van der Waals surface area (Å²) < 4.78 is 16.2. The molecule has 0 spiro atoms. The Bertz CT molecular complexity index is 1270. The summed E-state index contributed by atoms with van der Waals surface area (Å²) in [4.78, 5) is 28.3. The van der Waals surface area contributed by atoms with Gasteiger partial charge in [-0.2, -0.15) is 0 Å². The van der Waals surface area contributed by atoms with Gasteiger partial charge in [0.2, 0.25) is 0 Å². The third-order valence-electron chi connectivity index (χ3n) is 5.48. The van der Waals surface area contributed by atoms with Gasteiger partial charge in [-0.05, 0) is 47.8 Å². The van der Waals surface area contributed by atoms with E-state index in [2.05, 4.69) is 0 Å². The lowest BCUT2D eigenvalue weighted by atomic mass is 9.99. The van der Waals surface area contributed by atoms with Crippen molar-refractivity contribution < 1.29 is 28.9 Å². The summed E-state index contributed by atoms with van der Waals surface area (Å²) in [5.41, 5.74) is 0.0533. The smallest absolute Gasteiger partial charge is 0.295 e. The van der Waals surface area contributed by atoms with Crippen molar-refractivity contribution in [2.75, 3.05) is 27.4 Å². The first-order valence-corrected chi connectivity index (χ1v) is 12.1. The van der Waals surface area contributed by atoms with Crippen LogP contribution in [-0.2, 0) is 9.59 Å². The summed E-state index contributed by atoms with van der Waals surface area (Å²) in [5.74, 6) is -0.543. The van der Waals surface area contributed by atoms with Gasteiger partial charge in [0.05, 0.1) is 43.0 Å². The van der Waals surface area contributed by atoms with Gasteiger partial charge in [-0.15, -0.1) is 11.3 Å². The van der Waals surface area contributed by atoms with Crippen LogP contribution in [0.1, 0.15) is 16.5 Å². The maximum absolute atomic E-state index is 13.1. The predicted octanol–water partition coefficient (Wildman–Crippen LogP) is 5.57. The Balaban J connectivity index is 1.69. The summed E-state index contributed by atoms with van der Waals surface area (Å²) in [6.07, 6.45) is 0.